The molecule has 0 spiro atoms. The first-order chi connectivity index (χ1) is 8.47. The Morgan fingerprint density at radius 1 is 1.28 bits per heavy atom. The van der Waals surface area contributed by atoms with Crippen LogP contribution in [0.4, 0.5) is 0 Å². The van der Waals surface area contributed by atoms with E-state index in [4.69, 9.17) is 10.00 Å². The molecule has 0 saturated carbocycles. The maximum Gasteiger partial charge on any atom is 0.119 e. The summed E-state index contributed by atoms with van der Waals surface area (Å²) in [5, 5.41) is 8.60. The molecule has 98 valence electrons. The van der Waals surface area contributed by atoms with Crippen LogP contribution in [0.25, 0.3) is 0 Å². The topological polar surface area (TPSA) is 33.0 Å². The number of thiol groups is 1. The van der Waals surface area contributed by atoms with E-state index < -0.39 is 0 Å². The predicted molar refractivity (Wildman–Crippen MR) is 78.1 cm³/mol. The van der Waals surface area contributed by atoms with Gasteiger partial charge in [0.15, 0.2) is 0 Å². The molecule has 1 atom stereocenters. The van der Waals surface area contributed by atoms with Crippen LogP contribution in [-0.2, 0) is 6.42 Å². The summed E-state index contributed by atoms with van der Waals surface area (Å²) in [7, 11) is 0. The van der Waals surface area contributed by atoms with Crippen LogP contribution in [0.1, 0.15) is 26.3 Å². The van der Waals surface area contributed by atoms with Crippen LogP contribution in [0.5, 0.6) is 5.75 Å². The number of hydrogen-bond acceptors (Lipinski definition) is 3. The van der Waals surface area contributed by atoms with Crippen molar-refractivity contribution in [2.24, 2.45) is 11.3 Å². The Hall–Kier alpha value is -1.14. The summed E-state index contributed by atoms with van der Waals surface area (Å²) in [5.41, 5.74) is 1.22. The van der Waals surface area contributed by atoms with E-state index in [-0.39, 0.29) is 5.41 Å². The molecule has 0 aliphatic carbocycles. The van der Waals surface area contributed by atoms with Gasteiger partial charge >= 0.3 is 0 Å². The summed E-state index contributed by atoms with van der Waals surface area (Å²) in [6.07, 6.45) is 0.446. The van der Waals surface area contributed by atoms with Gasteiger partial charge in [0, 0.05) is 5.92 Å². The van der Waals surface area contributed by atoms with E-state index in [1.165, 1.54) is 0 Å². The predicted octanol–water partition coefficient (Wildman–Crippen LogP) is 3.72. The average molecular weight is 263 g/mol. The molecule has 0 N–H and O–H groups in total. The maximum absolute atomic E-state index is 8.60. The molecule has 0 aromatic heterocycles. The summed E-state index contributed by atoms with van der Waals surface area (Å²) in [5.74, 6) is 2.09. The zero-order chi connectivity index (χ0) is 13.6. The molecule has 2 nitrogen and oxygen atoms in total. The molecule has 0 fully saturated rings. The van der Waals surface area contributed by atoms with Crippen molar-refractivity contribution >= 4 is 12.6 Å². The summed E-state index contributed by atoms with van der Waals surface area (Å²) in [6.45, 7) is 7.28. The largest absolute Gasteiger partial charge is 0.493 e. The van der Waals surface area contributed by atoms with E-state index in [2.05, 4.69) is 39.5 Å². The fraction of sp³-hybridized carbons (Fsp3) is 0.533. The van der Waals surface area contributed by atoms with Crippen LogP contribution in [-0.4, -0.2) is 12.4 Å². The number of hydrogen-bond donors (Lipinski definition) is 1. The highest BCUT2D eigenvalue weighted by atomic mass is 32.1. The molecule has 0 aliphatic heterocycles. The Morgan fingerprint density at radius 3 is 2.33 bits per heavy atom. The Labute approximate surface area is 115 Å². The van der Waals surface area contributed by atoms with Crippen LogP contribution >= 0.6 is 12.6 Å². The lowest BCUT2D eigenvalue weighted by Crippen LogP contribution is -2.28. The third-order valence-corrected chi connectivity index (χ3v) is 3.54. The van der Waals surface area contributed by atoms with Crippen LogP contribution < -0.4 is 4.74 Å². The van der Waals surface area contributed by atoms with Crippen molar-refractivity contribution in [3.63, 3.8) is 0 Å². The smallest absolute Gasteiger partial charge is 0.119 e. The number of nitriles is 1. The van der Waals surface area contributed by atoms with E-state index in [0.29, 0.717) is 18.9 Å². The molecule has 1 rings (SSSR count). The van der Waals surface area contributed by atoms with Gasteiger partial charge in [0.25, 0.3) is 0 Å². The molecule has 1 aromatic rings. The summed E-state index contributed by atoms with van der Waals surface area (Å²) < 4.78 is 5.79. The minimum Gasteiger partial charge on any atom is -0.493 e. The molecule has 0 radical (unpaired) electrons. The number of nitrogens with zero attached hydrogens (tertiary/aromatic N) is 1. The molecule has 0 bridgehead atoms. The lowest BCUT2D eigenvalue weighted by molar-refractivity contribution is 0.165. The third kappa shape index (κ3) is 4.62. The molecule has 0 saturated heterocycles. The highest BCUT2D eigenvalue weighted by Crippen LogP contribution is 2.27. The first kappa shape index (κ1) is 14.9. The fourth-order valence-electron chi connectivity index (χ4n) is 1.57. The first-order valence-electron chi connectivity index (χ1n) is 6.17. The Balaban J connectivity index is 2.55. The van der Waals surface area contributed by atoms with E-state index in [9.17, 15) is 0 Å². The van der Waals surface area contributed by atoms with Gasteiger partial charge in [-0.15, -0.1) is 0 Å². The van der Waals surface area contributed by atoms with Crippen LogP contribution in [0.15, 0.2) is 24.3 Å². The summed E-state index contributed by atoms with van der Waals surface area (Å²) >= 11 is 4.38. The standard InChI is InChI=1S/C15H21NOS/c1-15(2,3)13(11-18)10-17-14-6-4-12(5-7-14)8-9-16/h4-7,13,18H,8,10-11H2,1-3H3. The minimum atomic E-state index is 0.197. The maximum atomic E-state index is 8.60. The lowest BCUT2D eigenvalue weighted by Gasteiger charge is -2.29. The molecule has 3 heteroatoms. The number of rotatable bonds is 5. The molecular formula is C15H21NOS. The SMILES string of the molecule is CC(C)(C)C(CS)COc1ccc(CC#N)cc1. The summed E-state index contributed by atoms with van der Waals surface area (Å²) in [4.78, 5) is 0. The van der Waals surface area contributed by atoms with Crippen LogP contribution in [0.2, 0.25) is 0 Å². The van der Waals surface area contributed by atoms with Gasteiger partial charge in [0.1, 0.15) is 5.75 Å². The van der Waals surface area contributed by atoms with Crippen molar-refractivity contribution < 1.29 is 4.74 Å². The Morgan fingerprint density at radius 2 is 1.89 bits per heavy atom. The molecule has 0 aliphatic rings. The van der Waals surface area contributed by atoms with Crippen LogP contribution in [0.3, 0.4) is 0 Å². The van der Waals surface area contributed by atoms with Crippen molar-refractivity contribution in [1.82, 2.24) is 0 Å². The van der Waals surface area contributed by atoms with Gasteiger partial charge in [-0.3, -0.25) is 0 Å². The van der Waals surface area contributed by atoms with Gasteiger partial charge in [0.05, 0.1) is 19.1 Å². The molecule has 1 unspecified atom stereocenters. The Bertz CT molecular complexity index is 400. The van der Waals surface area contributed by atoms with E-state index in [1.54, 1.807) is 0 Å². The zero-order valence-electron chi connectivity index (χ0n) is 11.3. The second-order valence-electron chi connectivity index (χ2n) is 5.54. The highest BCUT2D eigenvalue weighted by Gasteiger charge is 2.23. The third-order valence-electron chi connectivity index (χ3n) is 3.10. The van der Waals surface area contributed by atoms with Crippen molar-refractivity contribution in [3.8, 4) is 11.8 Å². The zero-order valence-corrected chi connectivity index (χ0v) is 12.2. The van der Waals surface area contributed by atoms with E-state index in [0.717, 1.165) is 17.1 Å². The second kappa shape index (κ2) is 6.70. The van der Waals surface area contributed by atoms with Crippen molar-refractivity contribution in [3.05, 3.63) is 29.8 Å². The van der Waals surface area contributed by atoms with Gasteiger partial charge < -0.3 is 4.74 Å². The van der Waals surface area contributed by atoms with Gasteiger partial charge in [-0.25, -0.2) is 0 Å². The first-order valence-corrected chi connectivity index (χ1v) is 6.80. The normalized spacial score (nSPS) is 12.8. The quantitative estimate of drug-likeness (QED) is 0.821. The van der Waals surface area contributed by atoms with Gasteiger partial charge in [-0.2, -0.15) is 17.9 Å². The van der Waals surface area contributed by atoms with Gasteiger partial charge in [0.2, 0.25) is 0 Å². The molecule has 1 aromatic carbocycles. The monoisotopic (exact) mass is 263 g/mol. The van der Waals surface area contributed by atoms with Crippen molar-refractivity contribution in [2.75, 3.05) is 12.4 Å². The molecule has 18 heavy (non-hydrogen) atoms. The lowest BCUT2D eigenvalue weighted by atomic mass is 9.82. The molecular weight excluding hydrogens is 242 g/mol. The van der Waals surface area contributed by atoms with E-state index in [1.807, 2.05) is 24.3 Å². The van der Waals surface area contributed by atoms with Gasteiger partial charge in [-0.1, -0.05) is 32.9 Å². The second-order valence-corrected chi connectivity index (χ2v) is 5.90. The highest BCUT2D eigenvalue weighted by molar-refractivity contribution is 7.80. The molecule has 0 amide bonds. The number of ether oxygens (including phenoxy) is 1. The number of benzene rings is 1. The Kier molecular flexibility index (Phi) is 5.55. The minimum absolute atomic E-state index is 0.197. The van der Waals surface area contributed by atoms with E-state index >= 15 is 0 Å². The average Bonchev–Trinajstić information content (AvgIpc) is 2.30. The molecule has 0 heterocycles. The van der Waals surface area contributed by atoms with Crippen molar-refractivity contribution in [1.29, 1.82) is 5.26 Å². The fourth-order valence-corrected chi connectivity index (χ4v) is 2.22. The summed E-state index contributed by atoms with van der Waals surface area (Å²) in [6, 6.07) is 9.85. The van der Waals surface area contributed by atoms with Gasteiger partial charge in [-0.05, 0) is 28.9 Å². The van der Waals surface area contributed by atoms with Crippen molar-refractivity contribution in [2.45, 2.75) is 27.2 Å². The van der Waals surface area contributed by atoms with Crippen LogP contribution in [0, 0.1) is 22.7 Å².